The molecule has 0 aromatic heterocycles. The third kappa shape index (κ3) is 3.50. The van der Waals surface area contributed by atoms with Crippen LogP contribution in [-0.2, 0) is 0 Å². The van der Waals surface area contributed by atoms with Gasteiger partial charge in [-0.3, -0.25) is 4.79 Å². The molecular formula is C14H10F3NO2. The van der Waals surface area contributed by atoms with Gasteiger partial charge in [-0.25, -0.2) is 4.39 Å². The van der Waals surface area contributed by atoms with E-state index >= 15 is 0 Å². The molecule has 2 aromatic carbocycles. The monoisotopic (exact) mass is 281 g/mol. The summed E-state index contributed by atoms with van der Waals surface area (Å²) in [7, 11) is 0. The largest absolute Gasteiger partial charge is 0.434 e. The molecule has 0 atom stereocenters. The second kappa shape index (κ2) is 6.10. The number of carbonyl (C=O) groups excluding carboxylic acids is 1. The molecular weight excluding hydrogens is 271 g/mol. The Morgan fingerprint density at radius 3 is 2.35 bits per heavy atom. The maximum atomic E-state index is 12.7. The minimum Gasteiger partial charge on any atom is -0.434 e. The zero-order valence-corrected chi connectivity index (χ0v) is 10.1. The maximum Gasteiger partial charge on any atom is 0.387 e. The van der Waals surface area contributed by atoms with Crippen LogP contribution in [0.5, 0.6) is 5.75 Å². The first-order valence-electron chi connectivity index (χ1n) is 5.67. The van der Waals surface area contributed by atoms with Crippen LogP contribution in [0.4, 0.5) is 18.9 Å². The molecule has 0 aliphatic rings. The highest BCUT2D eigenvalue weighted by molar-refractivity contribution is 6.06. The lowest BCUT2D eigenvalue weighted by Crippen LogP contribution is -2.14. The Morgan fingerprint density at radius 1 is 1.05 bits per heavy atom. The molecule has 0 aliphatic carbocycles. The first-order chi connectivity index (χ1) is 9.56. The van der Waals surface area contributed by atoms with E-state index in [1.54, 1.807) is 0 Å². The van der Waals surface area contributed by atoms with Crippen LogP contribution < -0.4 is 10.1 Å². The van der Waals surface area contributed by atoms with Gasteiger partial charge in [0.2, 0.25) is 0 Å². The van der Waals surface area contributed by atoms with Crippen LogP contribution in [0, 0.1) is 5.82 Å². The van der Waals surface area contributed by atoms with Crippen LogP contribution in [0.3, 0.4) is 0 Å². The van der Waals surface area contributed by atoms with Crippen LogP contribution in [-0.4, -0.2) is 12.5 Å². The first-order valence-corrected chi connectivity index (χ1v) is 5.67. The van der Waals surface area contributed by atoms with Crippen LogP contribution in [0.1, 0.15) is 10.4 Å². The van der Waals surface area contributed by atoms with E-state index in [2.05, 4.69) is 10.1 Å². The third-order valence-corrected chi connectivity index (χ3v) is 2.45. The van der Waals surface area contributed by atoms with Crippen LogP contribution in [0.25, 0.3) is 0 Å². The number of anilines is 1. The van der Waals surface area contributed by atoms with Gasteiger partial charge in [0.05, 0.1) is 5.56 Å². The third-order valence-electron chi connectivity index (χ3n) is 2.45. The molecule has 6 heteroatoms. The van der Waals surface area contributed by atoms with Crippen LogP contribution >= 0.6 is 0 Å². The van der Waals surface area contributed by atoms with Crippen molar-refractivity contribution in [1.82, 2.24) is 0 Å². The van der Waals surface area contributed by atoms with Gasteiger partial charge < -0.3 is 10.1 Å². The maximum absolute atomic E-state index is 12.7. The highest BCUT2D eigenvalue weighted by atomic mass is 19.3. The summed E-state index contributed by atoms with van der Waals surface area (Å²) in [6, 6.07) is 10.7. The molecule has 0 saturated heterocycles. The Morgan fingerprint density at radius 2 is 1.70 bits per heavy atom. The first kappa shape index (κ1) is 13.9. The van der Waals surface area contributed by atoms with E-state index in [9.17, 15) is 18.0 Å². The predicted molar refractivity (Wildman–Crippen MR) is 67.4 cm³/mol. The number of nitrogens with one attached hydrogen (secondary N) is 1. The molecule has 2 rings (SSSR count). The van der Waals surface area contributed by atoms with Crippen molar-refractivity contribution in [3.05, 3.63) is 59.9 Å². The molecule has 0 aliphatic heterocycles. The molecule has 20 heavy (non-hydrogen) atoms. The van der Waals surface area contributed by atoms with E-state index in [0.29, 0.717) is 5.69 Å². The van der Waals surface area contributed by atoms with Gasteiger partial charge in [-0.05, 0) is 36.4 Å². The summed E-state index contributed by atoms with van der Waals surface area (Å²) in [4.78, 5) is 12.0. The second-order valence-corrected chi connectivity index (χ2v) is 3.84. The van der Waals surface area contributed by atoms with Gasteiger partial charge in [0.25, 0.3) is 5.91 Å². The highest BCUT2D eigenvalue weighted by Gasteiger charge is 2.15. The Balaban J connectivity index is 2.18. The molecule has 0 heterocycles. The van der Waals surface area contributed by atoms with Crippen molar-refractivity contribution in [2.75, 3.05) is 5.32 Å². The zero-order valence-electron chi connectivity index (χ0n) is 10.1. The van der Waals surface area contributed by atoms with Crippen molar-refractivity contribution in [2.24, 2.45) is 0 Å². The van der Waals surface area contributed by atoms with Crippen molar-refractivity contribution < 1.29 is 22.7 Å². The summed E-state index contributed by atoms with van der Waals surface area (Å²) in [5, 5.41) is 2.47. The predicted octanol–water partition coefficient (Wildman–Crippen LogP) is 3.68. The molecule has 3 nitrogen and oxygen atoms in total. The molecule has 0 bridgehead atoms. The van der Waals surface area contributed by atoms with E-state index in [0.717, 1.165) is 0 Å². The number of hydrogen-bond donors (Lipinski definition) is 1. The molecule has 0 unspecified atom stereocenters. The summed E-state index contributed by atoms with van der Waals surface area (Å²) in [6.07, 6.45) is 0. The average molecular weight is 281 g/mol. The molecule has 104 valence electrons. The van der Waals surface area contributed by atoms with Crippen molar-refractivity contribution >= 4 is 11.6 Å². The van der Waals surface area contributed by atoms with Crippen molar-refractivity contribution in [1.29, 1.82) is 0 Å². The minimum absolute atomic E-state index is 0.0304. The summed E-state index contributed by atoms with van der Waals surface area (Å²) in [5.41, 5.74) is 0.320. The number of halogens is 3. The van der Waals surface area contributed by atoms with Gasteiger partial charge in [-0.15, -0.1) is 0 Å². The quantitative estimate of drug-likeness (QED) is 0.928. The fourth-order valence-corrected chi connectivity index (χ4v) is 1.58. The second-order valence-electron chi connectivity index (χ2n) is 3.84. The number of amides is 1. The number of carbonyl (C=O) groups is 1. The summed E-state index contributed by atoms with van der Waals surface area (Å²) < 4.78 is 41.5. The van der Waals surface area contributed by atoms with Crippen molar-refractivity contribution in [3.63, 3.8) is 0 Å². The Kier molecular flexibility index (Phi) is 4.24. The lowest BCUT2D eigenvalue weighted by molar-refractivity contribution is -0.0501. The number of rotatable bonds is 4. The molecule has 0 fully saturated rings. The summed E-state index contributed by atoms with van der Waals surface area (Å²) >= 11 is 0. The summed E-state index contributed by atoms with van der Waals surface area (Å²) in [5.74, 6) is -1.28. The van der Waals surface area contributed by atoms with Gasteiger partial charge in [0.1, 0.15) is 11.6 Å². The van der Waals surface area contributed by atoms with E-state index < -0.39 is 18.3 Å². The van der Waals surface area contributed by atoms with Gasteiger partial charge in [0.15, 0.2) is 0 Å². The Bertz CT molecular complexity index is 600. The number of alkyl halides is 2. The normalized spacial score (nSPS) is 10.4. The fraction of sp³-hybridized carbons (Fsp3) is 0.0714. The standard InChI is InChI=1S/C14H10F3NO2/c15-9-5-7-10(8-6-9)18-13(19)11-3-1-2-4-12(11)20-14(16)17/h1-8,14H,(H,18,19). The van der Waals surface area contributed by atoms with Crippen LogP contribution in [0.15, 0.2) is 48.5 Å². The summed E-state index contributed by atoms with van der Waals surface area (Å²) in [6.45, 7) is -3.02. The van der Waals surface area contributed by atoms with E-state index in [1.165, 1.54) is 48.5 Å². The van der Waals surface area contributed by atoms with E-state index in [1.807, 2.05) is 0 Å². The molecule has 1 N–H and O–H groups in total. The molecule has 0 radical (unpaired) electrons. The van der Waals surface area contributed by atoms with Gasteiger partial charge >= 0.3 is 6.61 Å². The van der Waals surface area contributed by atoms with E-state index in [-0.39, 0.29) is 11.3 Å². The topological polar surface area (TPSA) is 38.3 Å². The number of para-hydroxylation sites is 1. The number of hydrogen-bond acceptors (Lipinski definition) is 2. The lowest BCUT2D eigenvalue weighted by Gasteiger charge is -2.10. The van der Waals surface area contributed by atoms with Crippen LogP contribution in [0.2, 0.25) is 0 Å². The molecule has 0 spiro atoms. The number of ether oxygens (including phenoxy) is 1. The Hall–Kier alpha value is -2.50. The lowest BCUT2D eigenvalue weighted by atomic mass is 10.2. The minimum atomic E-state index is -3.02. The Labute approximate surface area is 113 Å². The average Bonchev–Trinajstić information content (AvgIpc) is 2.41. The number of benzene rings is 2. The smallest absolute Gasteiger partial charge is 0.387 e. The highest BCUT2D eigenvalue weighted by Crippen LogP contribution is 2.21. The van der Waals surface area contributed by atoms with Crippen molar-refractivity contribution in [2.45, 2.75) is 6.61 Å². The van der Waals surface area contributed by atoms with Gasteiger partial charge in [0, 0.05) is 5.69 Å². The van der Waals surface area contributed by atoms with E-state index in [4.69, 9.17) is 0 Å². The zero-order chi connectivity index (χ0) is 14.5. The SMILES string of the molecule is O=C(Nc1ccc(F)cc1)c1ccccc1OC(F)F. The molecule has 0 saturated carbocycles. The fourth-order valence-electron chi connectivity index (χ4n) is 1.58. The molecule has 2 aromatic rings. The molecule has 1 amide bonds. The van der Waals surface area contributed by atoms with Gasteiger partial charge in [-0.1, -0.05) is 12.1 Å². The van der Waals surface area contributed by atoms with Gasteiger partial charge in [-0.2, -0.15) is 8.78 Å². The van der Waals surface area contributed by atoms with Crippen molar-refractivity contribution in [3.8, 4) is 5.75 Å².